The zero-order valence-electron chi connectivity index (χ0n) is 19.5. The highest BCUT2D eigenvalue weighted by Crippen LogP contribution is 2.52. The first-order chi connectivity index (χ1) is 16.1. The normalized spacial score (nSPS) is 28.9. The van der Waals surface area contributed by atoms with Crippen molar-refractivity contribution >= 4 is 17.5 Å². The SMILES string of the molecule is CCN1C(=O)C2CN(c3ccccc3)C3(CCN([C@@H]4CCCc5ccccc54)CC3)C2C1=O. The largest absolute Gasteiger partial charge is 0.364 e. The number of imide groups is 1. The second-order valence-corrected chi connectivity index (χ2v) is 10.2. The van der Waals surface area contributed by atoms with Gasteiger partial charge in [0.2, 0.25) is 11.8 Å². The van der Waals surface area contributed by atoms with Crippen molar-refractivity contribution in [3.63, 3.8) is 0 Å². The molecule has 0 aromatic heterocycles. The van der Waals surface area contributed by atoms with Gasteiger partial charge in [-0.15, -0.1) is 0 Å². The Labute approximate surface area is 196 Å². The van der Waals surface area contributed by atoms with Crippen LogP contribution in [0.4, 0.5) is 5.69 Å². The number of fused-ring (bicyclic) bond motifs is 3. The van der Waals surface area contributed by atoms with Crippen molar-refractivity contribution in [3.05, 3.63) is 65.7 Å². The van der Waals surface area contributed by atoms with E-state index < -0.39 is 0 Å². The Kier molecular flexibility index (Phi) is 5.06. The Balaban J connectivity index is 1.32. The molecular formula is C28H33N3O2. The molecule has 2 aromatic rings. The predicted octanol–water partition coefficient (Wildman–Crippen LogP) is 4.04. The Bertz CT molecular complexity index is 1060. The van der Waals surface area contributed by atoms with Crippen LogP contribution in [0.25, 0.3) is 0 Å². The molecule has 172 valence electrons. The molecular weight excluding hydrogens is 410 g/mol. The van der Waals surface area contributed by atoms with Crippen molar-refractivity contribution in [1.29, 1.82) is 0 Å². The molecule has 0 N–H and O–H groups in total. The lowest BCUT2D eigenvalue weighted by molar-refractivity contribution is -0.140. The number of hydrogen-bond acceptors (Lipinski definition) is 4. The smallest absolute Gasteiger partial charge is 0.235 e. The van der Waals surface area contributed by atoms with Crippen LogP contribution in [0.1, 0.15) is 49.8 Å². The molecule has 4 aliphatic rings. The van der Waals surface area contributed by atoms with Gasteiger partial charge in [-0.05, 0) is 62.3 Å². The number of para-hydroxylation sites is 1. The van der Waals surface area contributed by atoms with E-state index in [1.54, 1.807) is 0 Å². The molecule has 1 aliphatic carbocycles. The van der Waals surface area contributed by atoms with Crippen molar-refractivity contribution in [2.75, 3.05) is 31.1 Å². The zero-order valence-corrected chi connectivity index (χ0v) is 19.5. The van der Waals surface area contributed by atoms with Gasteiger partial charge in [0, 0.05) is 37.9 Å². The number of amides is 2. The standard InChI is InChI=1S/C28H33N3O2/c1-2-30-26(32)23-19-31(21-11-4-3-5-12-21)28(25(23)27(30)33)15-17-29(18-16-28)24-14-8-10-20-9-6-7-13-22(20)24/h3-7,9,11-13,23-25H,2,8,10,14-19H2,1H3/t23?,24-,25?/m1/s1. The number of piperidine rings is 1. The summed E-state index contributed by atoms with van der Waals surface area (Å²) in [5.41, 5.74) is 3.86. The van der Waals surface area contributed by atoms with Crippen LogP contribution in [0.15, 0.2) is 54.6 Å². The molecule has 3 aliphatic heterocycles. The van der Waals surface area contributed by atoms with E-state index in [-0.39, 0.29) is 29.2 Å². The van der Waals surface area contributed by atoms with Gasteiger partial charge < -0.3 is 4.90 Å². The number of rotatable bonds is 3. The number of nitrogens with zero attached hydrogens (tertiary/aromatic N) is 3. The molecule has 5 heteroatoms. The van der Waals surface area contributed by atoms with Crippen LogP contribution in [0.2, 0.25) is 0 Å². The number of carbonyl (C=O) groups is 2. The number of likely N-dealkylation sites (tertiary alicyclic amines) is 2. The fraction of sp³-hybridized carbons (Fsp3) is 0.500. The first-order valence-electron chi connectivity index (χ1n) is 12.6. The summed E-state index contributed by atoms with van der Waals surface area (Å²) in [6.45, 7) is 5.00. The maximum Gasteiger partial charge on any atom is 0.235 e. The fourth-order valence-electron chi connectivity index (χ4n) is 7.32. The van der Waals surface area contributed by atoms with Gasteiger partial charge in [-0.2, -0.15) is 0 Å². The lowest BCUT2D eigenvalue weighted by atomic mass is 9.73. The minimum atomic E-state index is -0.270. The van der Waals surface area contributed by atoms with Crippen molar-refractivity contribution in [2.45, 2.75) is 50.6 Å². The number of aryl methyl sites for hydroxylation is 1. The minimum Gasteiger partial charge on any atom is -0.364 e. The summed E-state index contributed by atoms with van der Waals surface area (Å²) < 4.78 is 0. The van der Waals surface area contributed by atoms with Gasteiger partial charge in [-0.1, -0.05) is 42.5 Å². The molecule has 0 bridgehead atoms. The van der Waals surface area contributed by atoms with E-state index in [4.69, 9.17) is 0 Å². The first-order valence-corrected chi connectivity index (χ1v) is 12.6. The van der Waals surface area contributed by atoms with Crippen molar-refractivity contribution in [3.8, 4) is 0 Å². The molecule has 1 spiro atoms. The number of hydrogen-bond donors (Lipinski definition) is 0. The lowest BCUT2D eigenvalue weighted by Gasteiger charge is -2.50. The van der Waals surface area contributed by atoms with Gasteiger partial charge in [0.1, 0.15) is 0 Å². The van der Waals surface area contributed by atoms with E-state index in [1.165, 1.54) is 35.3 Å². The third-order valence-corrected chi connectivity index (χ3v) is 8.84. The van der Waals surface area contributed by atoms with Crippen LogP contribution in [0, 0.1) is 11.8 Å². The van der Waals surface area contributed by atoms with Crippen LogP contribution < -0.4 is 4.90 Å². The Morgan fingerprint density at radius 1 is 0.939 bits per heavy atom. The molecule has 3 atom stereocenters. The summed E-state index contributed by atoms with van der Waals surface area (Å²) in [5.74, 6) is -0.332. The number of anilines is 1. The summed E-state index contributed by atoms with van der Waals surface area (Å²) >= 11 is 0. The van der Waals surface area contributed by atoms with Gasteiger partial charge in [0.15, 0.2) is 0 Å². The van der Waals surface area contributed by atoms with Crippen molar-refractivity contribution in [1.82, 2.24) is 9.80 Å². The predicted molar refractivity (Wildman–Crippen MR) is 129 cm³/mol. The van der Waals surface area contributed by atoms with Crippen molar-refractivity contribution in [2.24, 2.45) is 11.8 Å². The maximum absolute atomic E-state index is 13.5. The molecule has 3 saturated heterocycles. The second kappa shape index (κ2) is 7.98. The molecule has 5 nitrogen and oxygen atoms in total. The zero-order chi connectivity index (χ0) is 22.6. The highest BCUT2D eigenvalue weighted by atomic mass is 16.2. The lowest BCUT2D eigenvalue weighted by Crippen LogP contribution is -2.58. The summed E-state index contributed by atoms with van der Waals surface area (Å²) in [4.78, 5) is 33.2. The molecule has 0 radical (unpaired) electrons. The summed E-state index contributed by atoms with van der Waals surface area (Å²) in [5, 5.41) is 0. The van der Waals surface area contributed by atoms with E-state index in [2.05, 4.69) is 58.3 Å². The summed E-state index contributed by atoms with van der Waals surface area (Å²) in [7, 11) is 0. The van der Waals surface area contributed by atoms with Crippen LogP contribution in [0.5, 0.6) is 0 Å². The second-order valence-electron chi connectivity index (χ2n) is 10.2. The van der Waals surface area contributed by atoms with E-state index >= 15 is 0 Å². The monoisotopic (exact) mass is 443 g/mol. The number of carbonyl (C=O) groups excluding carboxylic acids is 2. The summed E-state index contributed by atoms with van der Waals surface area (Å²) in [6.07, 6.45) is 5.48. The molecule has 6 rings (SSSR count). The molecule has 33 heavy (non-hydrogen) atoms. The maximum atomic E-state index is 13.5. The van der Waals surface area contributed by atoms with Crippen LogP contribution in [-0.4, -0.2) is 53.3 Å². The van der Waals surface area contributed by atoms with Gasteiger partial charge in [0.25, 0.3) is 0 Å². The van der Waals surface area contributed by atoms with Gasteiger partial charge in [0.05, 0.1) is 17.4 Å². The third kappa shape index (κ3) is 3.08. The number of benzene rings is 2. The fourth-order valence-corrected chi connectivity index (χ4v) is 7.32. The molecule has 0 saturated carbocycles. The molecule has 2 unspecified atom stereocenters. The van der Waals surface area contributed by atoms with E-state index in [9.17, 15) is 9.59 Å². The molecule has 2 amide bonds. The van der Waals surface area contributed by atoms with Crippen LogP contribution in [-0.2, 0) is 16.0 Å². The average Bonchev–Trinajstić information content (AvgIpc) is 3.31. The highest BCUT2D eigenvalue weighted by Gasteiger charge is 2.64. The van der Waals surface area contributed by atoms with Crippen LogP contribution >= 0.6 is 0 Å². The van der Waals surface area contributed by atoms with E-state index in [0.29, 0.717) is 19.1 Å². The molecule has 2 aromatic carbocycles. The van der Waals surface area contributed by atoms with Crippen LogP contribution in [0.3, 0.4) is 0 Å². The highest BCUT2D eigenvalue weighted by molar-refractivity contribution is 6.07. The first kappa shape index (κ1) is 20.9. The molecule has 3 heterocycles. The topological polar surface area (TPSA) is 43.9 Å². The van der Waals surface area contributed by atoms with E-state index in [1.807, 2.05) is 13.0 Å². The van der Waals surface area contributed by atoms with Gasteiger partial charge in [-0.25, -0.2) is 0 Å². The minimum absolute atomic E-state index is 0.0361. The van der Waals surface area contributed by atoms with E-state index in [0.717, 1.165) is 31.6 Å². The third-order valence-electron chi connectivity index (χ3n) is 8.84. The van der Waals surface area contributed by atoms with Crippen molar-refractivity contribution < 1.29 is 9.59 Å². The Morgan fingerprint density at radius 3 is 2.42 bits per heavy atom. The molecule has 3 fully saturated rings. The Hall–Kier alpha value is -2.66. The van der Waals surface area contributed by atoms with Gasteiger partial charge >= 0.3 is 0 Å². The Morgan fingerprint density at radius 2 is 1.67 bits per heavy atom. The summed E-state index contributed by atoms with van der Waals surface area (Å²) in [6, 6.07) is 19.8. The van der Waals surface area contributed by atoms with Gasteiger partial charge in [-0.3, -0.25) is 19.4 Å². The quantitative estimate of drug-likeness (QED) is 0.672. The average molecular weight is 444 g/mol.